The number of hydrogen-bond donors (Lipinski definition) is 1. The second-order valence-corrected chi connectivity index (χ2v) is 5.02. The van der Waals surface area contributed by atoms with E-state index in [0.29, 0.717) is 37.3 Å². The summed E-state index contributed by atoms with van der Waals surface area (Å²) >= 11 is 0. The summed E-state index contributed by atoms with van der Waals surface area (Å²) in [6.07, 6.45) is 3.55. The second kappa shape index (κ2) is 7.74. The highest BCUT2D eigenvalue weighted by atomic mass is 16.5. The zero-order chi connectivity index (χ0) is 15.1. The number of Topliss-reactive ketones (excluding diaryl/α,β-unsaturated/α-hetero) is 1. The van der Waals surface area contributed by atoms with E-state index in [1.54, 1.807) is 6.21 Å². The summed E-state index contributed by atoms with van der Waals surface area (Å²) in [5, 5.41) is 8.90. The maximum atomic E-state index is 12.5. The van der Waals surface area contributed by atoms with Crippen molar-refractivity contribution in [2.24, 2.45) is 10.9 Å². The fourth-order valence-electron chi connectivity index (χ4n) is 2.27. The third-order valence-electron chi connectivity index (χ3n) is 3.47. The highest BCUT2D eigenvalue weighted by Crippen LogP contribution is 2.24. The van der Waals surface area contributed by atoms with Gasteiger partial charge >= 0.3 is 0 Å². The molecule has 0 spiro atoms. The first kappa shape index (κ1) is 15.4. The van der Waals surface area contributed by atoms with E-state index in [9.17, 15) is 4.79 Å². The summed E-state index contributed by atoms with van der Waals surface area (Å²) in [6.45, 7) is 2.41. The molecule has 1 atom stereocenters. The summed E-state index contributed by atoms with van der Waals surface area (Å²) < 4.78 is 5.75. The van der Waals surface area contributed by atoms with E-state index in [2.05, 4.69) is 4.99 Å². The summed E-state index contributed by atoms with van der Waals surface area (Å²) in [6, 6.07) is 9.76. The molecule has 4 nitrogen and oxygen atoms in total. The van der Waals surface area contributed by atoms with Crippen LogP contribution in [0.15, 0.2) is 46.8 Å². The van der Waals surface area contributed by atoms with Crippen LogP contribution in [0, 0.1) is 5.92 Å². The number of carbonyl (C=O) groups is 1. The molecule has 0 amide bonds. The zero-order valence-corrected chi connectivity index (χ0v) is 12.3. The average Bonchev–Trinajstić information content (AvgIpc) is 2.53. The fourth-order valence-corrected chi connectivity index (χ4v) is 2.27. The molecule has 112 valence electrons. The number of aliphatic hydroxyl groups is 1. The van der Waals surface area contributed by atoms with Crippen molar-refractivity contribution in [1.82, 2.24) is 0 Å². The second-order valence-electron chi connectivity index (χ2n) is 5.02. The molecule has 1 aliphatic rings. The molecule has 1 N–H and O–H groups in total. The van der Waals surface area contributed by atoms with E-state index in [1.807, 2.05) is 37.3 Å². The number of aliphatic hydroxyl groups excluding tert-OH is 1. The Morgan fingerprint density at radius 2 is 2.05 bits per heavy atom. The first-order chi connectivity index (χ1) is 10.3. The third kappa shape index (κ3) is 4.02. The molecule has 1 aromatic carbocycles. The zero-order valence-electron chi connectivity index (χ0n) is 12.3. The van der Waals surface area contributed by atoms with Gasteiger partial charge in [-0.25, -0.2) is 0 Å². The van der Waals surface area contributed by atoms with Crippen molar-refractivity contribution in [3.05, 3.63) is 47.4 Å². The van der Waals surface area contributed by atoms with E-state index in [-0.39, 0.29) is 18.3 Å². The Balaban J connectivity index is 2.07. The maximum Gasteiger partial charge on any atom is 0.207 e. The summed E-state index contributed by atoms with van der Waals surface area (Å²) in [5.41, 5.74) is 1.73. The summed E-state index contributed by atoms with van der Waals surface area (Å²) in [7, 11) is 0. The molecule has 4 heteroatoms. The van der Waals surface area contributed by atoms with Gasteiger partial charge in [0.25, 0.3) is 0 Å². The topological polar surface area (TPSA) is 58.9 Å². The van der Waals surface area contributed by atoms with Gasteiger partial charge in [-0.3, -0.25) is 9.79 Å². The highest BCUT2D eigenvalue weighted by Gasteiger charge is 2.27. The highest BCUT2D eigenvalue weighted by molar-refractivity contribution is 6.06. The SMILES string of the molecule is CCC1=C(OCc2ccccc2)C(=O)C(CCCO)C=N1. The number of carbonyl (C=O) groups excluding carboxylic acids is 1. The predicted octanol–water partition coefficient (Wildman–Crippen LogP) is 2.87. The molecular formula is C17H21NO3. The summed E-state index contributed by atoms with van der Waals surface area (Å²) in [5.74, 6) is 0.0799. The Morgan fingerprint density at radius 3 is 2.71 bits per heavy atom. The average molecular weight is 287 g/mol. The smallest absolute Gasteiger partial charge is 0.207 e. The van der Waals surface area contributed by atoms with E-state index >= 15 is 0 Å². The monoisotopic (exact) mass is 287 g/mol. The van der Waals surface area contributed by atoms with E-state index in [4.69, 9.17) is 9.84 Å². The Kier molecular flexibility index (Phi) is 5.69. The lowest BCUT2D eigenvalue weighted by molar-refractivity contribution is -0.121. The molecule has 1 heterocycles. The van der Waals surface area contributed by atoms with Gasteiger partial charge in [-0.05, 0) is 24.8 Å². The van der Waals surface area contributed by atoms with Crippen LogP contribution in [0.5, 0.6) is 0 Å². The van der Waals surface area contributed by atoms with Crippen LogP contribution in [-0.2, 0) is 16.1 Å². The lowest BCUT2D eigenvalue weighted by Gasteiger charge is -2.20. The van der Waals surface area contributed by atoms with Crippen molar-refractivity contribution < 1.29 is 14.6 Å². The third-order valence-corrected chi connectivity index (χ3v) is 3.47. The first-order valence-corrected chi connectivity index (χ1v) is 7.35. The molecule has 21 heavy (non-hydrogen) atoms. The quantitative estimate of drug-likeness (QED) is 0.839. The normalized spacial score (nSPS) is 18.2. The van der Waals surface area contributed by atoms with Crippen molar-refractivity contribution in [3.8, 4) is 0 Å². The van der Waals surface area contributed by atoms with Gasteiger partial charge in [0.1, 0.15) is 6.61 Å². The Hall–Kier alpha value is -1.94. The number of aliphatic imine (C=N–C) groups is 1. The van der Waals surface area contributed by atoms with Gasteiger partial charge in [0.2, 0.25) is 5.78 Å². The number of ether oxygens (including phenoxy) is 1. The van der Waals surface area contributed by atoms with E-state index in [0.717, 1.165) is 5.56 Å². The van der Waals surface area contributed by atoms with Crippen LogP contribution in [0.2, 0.25) is 0 Å². The van der Waals surface area contributed by atoms with Crippen molar-refractivity contribution in [3.63, 3.8) is 0 Å². The van der Waals surface area contributed by atoms with Crippen LogP contribution in [0.3, 0.4) is 0 Å². The lowest BCUT2D eigenvalue weighted by Crippen LogP contribution is -2.24. The Morgan fingerprint density at radius 1 is 1.29 bits per heavy atom. The van der Waals surface area contributed by atoms with Crippen molar-refractivity contribution in [1.29, 1.82) is 0 Å². The van der Waals surface area contributed by atoms with Crippen LogP contribution < -0.4 is 0 Å². The number of rotatable bonds is 7. The van der Waals surface area contributed by atoms with Gasteiger partial charge in [-0.15, -0.1) is 0 Å². The minimum Gasteiger partial charge on any atom is -0.483 e. The number of hydrogen-bond acceptors (Lipinski definition) is 4. The van der Waals surface area contributed by atoms with Gasteiger partial charge in [0.15, 0.2) is 5.76 Å². The van der Waals surface area contributed by atoms with Crippen LogP contribution in [0.1, 0.15) is 31.7 Å². The predicted molar refractivity (Wildman–Crippen MR) is 81.9 cm³/mol. The number of ketones is 1. The van der Waals surface area contributed by atoms with Crippen LogP contribution >= 0.6 is 0 Å². The Labute approximate surface area is 125 Å². The van der Waals surface area contributed by atoms with Crippen LogP contribution in [0.25, 0.3) is 0 Å². The molecule has 1 aliphatic heterocycles. The van der Waals surface area contributed by atoms with Gasteiger partial charge in [0.05, 0.1) is 11.6 Å². The van der Waals surface area contributed by atoms with E-state index < -0.39 is 0 Å². The molecular weight excluding hydrogens is 266 g/mol. The molecule has 2 rings (SSSR count). The molecule has 0 saturated carbocycles. The van der Waals surface area contributed by atoms with Crippen molar-refractivity contribution >= 4 is 12.0 Å². The van der Waals surface area contributed by atoms with Gasteiger partial charge in [0, 0.05) is 12.8 Å². The van der Waals surface area contributed by atoms with Crippen LogP contribution in [0.4, 0.5) is 0 Å². The first-order valence-electron chi connectivity index (χ1n) is 7.35. The van der Waals surface area contributed by atoms with Crippen molar-refractivity contribution in [2.75, 3.05) is 6.61 Å². The molecule has 0 radical (unpaired) electrons. The summed E-state index contributed by atoms with van der Waals surface area (Å²) in [4.78, 5) is 16.8. The standard InChI is InChI=1S/C17H21NO3/c1-2-15-17(21-12-13-7-4-3-5-8-13)16(20)14(11-18-15)9-6-10-19/h3-5,7-8,11,14,19H,2,6,9-10,12H2,1H3. The molecule has 0 saturated heterocycles. The minimum absolute atomic E-state index is 0.0220. The fraction of sp³-hybridized carbons (Fsp3) is 0.412. The Bertz CT molecular complexity index is 534. The molecule has 1 aromatic rings. The van der Waals surface area contributed by atoms with Gasteiger partial charge in [-0.1, -0.05) is 37.3 Å². The molecule has 0 aliphatic carbocycles. The maximum absolute atomic E-state index is 12.5. The lowest BCUT2D eigenvalue weighted by atomic mass is 9.95. The number of nitrogens with zero attached hydrogens (tertiary/aromatic N) is 1. The molecule has 0 aromatic heterocycles. The molecule has 0 fully saturated rings. The number of benzene rings is 1. The van der Waals surface area contributed by atoms with Crippen LogP contribution in [-0.4, -0.2) is 23.7 Å². The van der Waals surface area contributed by atoms with Gasteiger partial charge in [-0.2, -0.15) is 0 Å². The molecule has 0 bridgehead atoms. The number of allylic oxidation sites excluding steroid dienone is 2. The van der Waals surface area contributed by atoms with E-state index in [1.165, 1.54) is 0 Å². The van der Waals surface area contributed by atoms with Gasteiger partial charge < -0.3 is 9.84 Å². The largest absolute Gasteiger partial charge is 0.483 e. The minimum atomic E-state index is -0.279. The molecule has 1 unspecified atom stereocenters. The van der Waals surface area contributed by atoms with Crippen molar-refractivity contribution in [2.45, 2.75) is 32.8 Å².